The molecule has 0 heterocycles. The van der Waals surface area contributed by atoms with Crippen LogP contribution in [0.2, 0.25) is 5.02 Å². The molecule has 0 bridgehead atoms. The largest absolute Gasteiger partial charge is 0.352 e. The summed E-state index contributed by atoms with van der Waals surface area (Å²) in [5.41, 5.74) is 4.60. The molecule has 0 aliphatic heterocycles. The number of nitrogens with zero attached hydrogens (tertiary/aromatic N) is 2. The molecule has 0 saturated carbocycles. The van der Waals surface area contributed by atoms with E-state index < -0.39 is 28.5 Å². The number of carbonyl (C=O) groups is 2. The summed E-state index contributed by atoms with van der Waals surface area (Å²) in [6, 6.07) is 27.7. The Morgan fingerprint density at radius 3 is 2.02 bits per heavy atom. The van der Waals surface area contributed by atoms with Crippen LogP contribution < -0.4 is 9.62 Å². The van der Waals surface area contributed by atoms with Crippen molar-refractivity contribution >= 4 is 39.1 Å². The van der Waals surface area contributed by atoms with Gasteiger partial charge in [0.2, 0.25) is 11.8 Å². The Labute approximate surface area is 278 Å². The number of aryl methyl sites for hydroxylation is 3. The Morgan fingerprint density at radius 2 is 1.43 bits per heavy atom. The predicted molar refractivity (Wildman–Crippen MR) is 185 cm³/mol. The lowest BCUT2D eigenvalue weighted by molar-refractivity contribution is -0.140. The lowest BCUT2D eigenvalue weighted by atomic mass is 10.0. The molecule has 4 aromatic rings. The molecule has 9 heteroatoms. The first-order chi connectivity index (χ1) is 21.9. The molecule has 0 saturated heterocycles. The van der Waals surface area contributed by atoms with E-state index in [1.807, 2.05) is 82.3 Å². The quantitative estimate of drug-likeness (QED) is 0.167. The summed E-state index contributed by atoms with van der Waals surface area (Å²) in [4.78, 5) is 30.1. The zero-order valence-corrected chi connectivity index (χ0v) is 28.6. The molecule has 0 aliphatic rings. The number of nitrogens with one attached hydrogen (secondary N) is 1. The second kappa shape index (κ2) is 15.4. The first-order valence-corrected chi connectivity index (χ1v) is 17.3. The predicted octanol–water partition coefficient (Wildman–Crippen LogP) is 7.02. The Bertz CT molecular complexity index is 1740. The van der Waals surface area contributed by atoms with Crippen LogP contribution in [-0.4, -0.2) is 43.8 Å². The lowest BCUT2D eigenvalue weighted by Crippen LogP contribution is -2.54. The average Bonchev–Trinajstić information content (AvgIpc) is 3.03. The molecule has 2 amide bonds. The van der Waals surface area contributed by atoms with Gasteiger partial charge in [0.05, 0.1) is 10.6 Å². The summed E-state index contributed by atoms with van der Waals surface area (Å²) in [6.07, 6.45) is 0.972. The standard InChI is InChI=1S/C37H42ClN3O4S/c1-6-29(5)39-37(43)35(23-30-10-8-7-9-11-30)40(24-31-16-12-26(2)13-17-31)36(42)25-41(34-21-18-32(38)22-28(34)4)46(44,45)33-19-14-27(3)15-20-33/h7-22,29,35H,6,23-25H2,1-5H3,(H,39,43)/t29-,35+/m1/s1. The average molecular weight is 660 g/mol. The molecule has 1 N–H and O–H groups in total. The number of amides is 2. The maximum absolute atomic E-state index is 14.6. The van der Waals surface area contributed by atoms with Gasteiger partial charge in [-0.2, -0.15) is 0 Å². The maximum atomic E-state index is 14.6. The smallest absolute Gasteiger partial charge is 0.264 e. The third kappa shape index (κ3) is 8.77. The first-order valence-electron chi connectivity index (χ1n) is 15.4. The molecule has 0 unspecified atom stereocenters. The summed E-state index contributed by atoms with van der Waals surface area (Å²) in [5.74, 6) is -0.805. The van der Waals surface area contributed by atoms with E-state index in [1.54, 1.807) is 37.3 Å². The molecule has 46 heavy (non-hydrogen) atoms. The van der Waals surface area contributed by atoms with E-state index >= 15 is 0 Å². The molecular formula is C37H42ClN3O4S. The molecule has 242 valence electrons. The topological polar surface area (TPSA) is 86.8 Å². The van der Waals surface area contributed by atoms with Crippen molar-refractivity contribution in [3.63, 3.8) is 0 Å². The minimum absolute atomic E-state index is 0.0562. The molecule has 0 fully saturated rings. The zero-order valence-electron chi connectivity index (χ0n) is 27.0. The minimum atomic E-state index is -4.20. The molecule has 7 nitrogen and oxygen atoms in total. The summed E-state index contributed by atoms with van der Waals surface area (Å²) in [5, 5.41) is 3.51. The molecule has 2 atom stereocenters. The Balaban J connectivity index is 1.83. The van der Waals surface area contributed by atoms with Gasteiger partial charge in [-0.1, -0.05) is 96.4 Å². The van der Waals surface area contributed by atoms with Crippen molar-refractivity contribution in [3.05, 3.63) is 130 Å². The van der Waals surface area contributed by atoms with Crippen LogP contribution in [0.1, 0.15) is 48.1 Å². The van der Waals surface area contributed by atoms with Crippen LogP contribution in [0.25, 0.3) is 0 Å². The summed E-state index contributed by atoms with van der Waals surface area (Å²) < 4.78 is 29.6. The normalized spacial score (nSPS) is 12.7. The number of rotatable bonds is 13. The third-order valence-corrected chi connectivity index (χ3v) is 10.1. The Kier molecular flexibility index (Phi) is 11.7. The molecular weight excluding hydrogens is 618 g/mol. The monoisotopic (exact) mass is 659 g/mol. The molecule has 4 rings (SSSR count). The van der Waals surface area contributed by atoms with Crippen molar-refractivity contribution in [2.75, 3.05) is 10.8 Å². The van der Waals surface area contributed by atoms with E-state index in [1.165, 1.54) is 17.0 Å². The second-order valence-electron chi connectivity index (χ2n) is 11.8. The highest BCUT2D eigenvalue weighted by atomic mass is 35.5. The van der Waals surface area contributed by atoms with Gasteiger partial charge in [0, 0.05) is 24.0 Å². The minimum Gasteiger partial charge on any atom is -0.352 e. The summed E-state index contributed by atoms with van der Waals surface area (Å²) in [7, 11) is -4.20. The Hall–Kier alpha value is -4.14. The number of carbonyl (C=O) groups excluding carboxylic acids is 2. The van der Waals surface area contributed by atoms with Gasteiger partial charge in [-0.25, -0.2) is 8.42 Å². The van der Waals surface area contributed by atoms with E-state index in [-0.39, 0.29) is 29.8 Å². The number of benzene rings is 4. The van der Waals surface area contributed by atoms with Crippen molar-refractivity contribution in [1.82, 2.24) is 10.2 Å². The van der Waals surface area contributed by atoms with Crippen LogP contribution in [0.3, 0.4) is 0 Å². The van der Waals surface area contributed by atoms with Crippen LogP contribution in [0.4, 0.5) is 5.69 Å². The van der Waals surface area contributed by atoms with Crippen molar-refractivity contribution in [2.24, 2.45) is 0 Å². The van der Waals surface area contributed by atoms with E-state index in [4.69, 9.17) is 11.6 Å². The van der Waals surface area contributed by atoms with E-state index in [2.05, 4.69) is 5.32 Å². The Morgan fingerprint density at radius 1 is 0.826 bits per heavy atom. The van der Waals surface area contributed by atoms with E-state index in [9.17, 15) is 18.0 Å². The number of hydrogen-bond acceptors (Lipinski definition) is 4. The fourth-order valence-corrected chi connectivity index (χ4v) is 6.84. The van der Waals surface area contributed by atoms with Crippen molar-refractivity contribution < 1.29 is 18.0 Å². The number of hydrogen-bond donors (Lipinski definition) is 1. The lowest BCUT2D eigenvalue weighted by Gasteiger charge is -2.34. The highest BCUT2D eigenvalue weighted by Gasteiger charge is 2.35. The van der Waals surface area contributed by atoms with Gasteiger partial charge in [-0.05, 0) is 81.1 Å². The van der Waals surface area contributed by atoms with Gasteiger partial charge < -0.3 is 10.2 Å². The van der Waals surface area contributed by atoms with Crippen LogP contribution >= 0.6 is 11.6 Å². The fraction of sp³-hybridized carbons (Fsp3) is 0.297. The van der Waals surface area contributed by atoms with E-state index in [0.29, 0.717) is 22.7 Å². The SMILES string of the molecule is CC[C@@H](C)NC(=O)[C@H](Cc1ccccc1)N(Cc1ccc(C)cc1)C(=O)CN(c1ccc(Cl)cc1C)S(=O)(=O)c1ccc(C)cc1. The molecule has 0 aromatic heterocycles. The highest BCUT2D eigenvalue weighted by molar-refractivity contribution is 7.92. The number of sulfonamides is 1. The molecule has 0 spiro atoms. The third-order valence-electron chi connectivity index (χ3n) is 8.06. The second-order valence-corrected chi connectivity index (χ2v) is 14.1. The fourth-order valence-electron chi connectivity index (χ4n) is 5.13. The first kappa shape index (κ1) is 34.7. The number of anilines is 1. The van der Waals surface area contributed by atoms with Crippen molar-refractivity contribution in [2.45, 2.75) is 71.0 Å². The van der Waals surface area contributed by atoms with Crippen LogP contribution in [0.15, 0.2) is 102 Å². The number of halogens is 1. The highest BCUT2D eigenvalue weighted by Crippen LogP contribution is 2.30. The van der Waals surface area contributed by atoms with Gasteiger partial charge in [-0.3, -0.25) is 13.9 Å². The zero-order chi connectivity index (χ0) is 33.4. The van der Waals surface area contributed by atoms with Crippen molar-refractivity contribution in [3.8, 4) is 0 Å². The van der Waals surface area contributed by atoms with Crippen LogP contribution in [0.5, 0.6) is 0 Å². The van der Waals surface area contributed by atoms with Gasteiger partial charge in [-0.15, -0.1) is 0 Å². The van der Waals surface area contributed by atoms with Crippen LogP contribution in [0, 0.1) is 20.8 Å². The van der Waals surface area contributed by atoms with Gasteiger partial charge in [0.25, 0.3) is 10.0 Å². The molecule has 0 radical (unpaired) electrons. The van der Waals surface area contributed by atoms with E-state index in [0.717, 1.165) is 26.6 Å². The van der Waals surface area contributed by atoms with Gasteiger partial charge in [0.15, 0.2) is 0 Å². The van der Waals surface area contributed by atoms with Gasteiger partial charge >= 0.3 is 0 Å². The van der Waals surface area contributed by atoms with Crippen LogP contribution in [-0.2, 0) is 32.6 Å². The van der Waals surface area contributed by atoms with Gasteiger partial charge in [0.1, 0.15) is 12.6 Å². The van der Waals surface area contributed by atoms with Crippen molar-refractivity contribution in [1.29, 1.82) is 0 Å². The summed E-state index contributed by atoms with van der Waals surface area (Å²) >= 11 is 6.25. The molecule has 0 aliphatic carbocycles. The summed E-state index contributed by atoms with van der Waals surface area (Å²) in [6.45, 7) is 9.10. The maximum Gasteiger partial charge on any atom is 0.264 e. The molecule has 4 aromatic carbocycles.